The number of aryl methyl sites for hydroxylation is 1. The molecule has 1 atom stereocenters. The SMILES string of the molecule is CCn1c(=O)c(N2CCC[C@H](C(=O)NCc3ccc(OC(C)C)cc3)C2)nc2cccnc21. The maximum absolute atomic E-state index is 13.1. The smallest absolute Gasteiger partial charge is 0.295 e. The zero-order valence-corrected chi connectivity index (χ0v) is 19.5. The zero-order valence-electron chi connectivity index (χ0n) is 19.5. The summed E-state index contributed by atoms with van der Waals surface area (Å²) in [6.45, 7) is 8.06. The van der Waals surface area contributed by atoms with Crippen molar-refractivity contribution in [1.82, 2.24) is 19.9 Å². The third-order valence-corrected chi connectivity index (χ3v) is 5.85. The van der Waals surface area contributed by atoms with Gasteiger partial charge in [0, 0.05) is 32.4 Å². The Hall–Kier alpha value is -3.42. The number of hydrogen-bond acceptors (Lipinski definition) is 6. The average molecular weight is 450 g/mol. The summed E-state index contributed by atoms with van der Waals surface area (Å²) >= 11 is 0. The maximum atomic E-state index is 13.1. The van der Waals surface area contributed by atoms with Crippen molar-refractivity contribution in [2.75, 3.05) is 18.0 Å². The highest BCUT2D eigenvalue weighted by atomic mass is 16.5. The summed E-state index contributed by atoms with van der Waals surface area (Å²) in [5.74, 6) is 1.03. The van der Waals surface area contributed by atoms with Gasteiger partial charge in [-0.2, -0.15) is 0 Å². The van der Waals surface area contributed by atoms with Crippen molar-refractivity contribution in [3.8, 4) is 5.75 Å². The van der Waals surface area contributed by atoms with E-state index in [1.54, 1.807) is 10.8 Å². The van der Waals surface area contributed by atoms with E-state index in [9.17, 15) is 9.59 Å². The van der Waals surface area contributed by atoms with Gasteiger partial charge in [-0.05, 0) is 63.4 Å². The minimum Gasteiger partial charge on any atom is -0.491 e. The summed E-state index contributed by atoms with van der Waals surface area (Å²) in [6, 6.07) is 11.4. The molecule has 0 spiro atoms. The van der Waals surface area contributed by atoms with E-state index < -0.39 is 0 Å². The number of nitrogens with zero attached hydrogens (tertiary/aromatic N) is 4. The van der Waals surface area contributed by atoms with E-state index in [-0.39, 0.29) is 23.5 Å². The number of benzene rings is 1. The molecule has 1 aromatic carbocycles. The van der Waals surface area contributed by atoms with E-state index in [2.05, 4.69) is 15.3 Å². The number of aromatic nitrogens is 3. The highest BCUT2D eigenvalue weighted by Crippen LogP contribution is 2.22. The molecule has 8 nitrogen and oxygen atoms in total. The average Bonchev–Trinajstić information content (AvgIpc) is 2.83. The number of hydrogen-bond donors (Lipinski definition) is 1. The van der Waals surface area contributed by atoms with Gasteiger partial charge >= 0.3 is 0 Å². The summed E-state index contributed by atoms with van der Waals surface area (Å²) in [7, 11) is 0. The van der Waals surface area contributed by atoms with Gasteiger partial charge in [0.2, 0.25) is 5.91 Å². The molecular weight excluding hydrogens is 418 g/mol. The fourth-order valence-corrected chi connectivity index (χ4v) is 4.24. The molecule has 0 saturated carbocycles. The third-order valence-electron chi connectivity index (χ3n) is 5.85. The van der Waals surface area contributed by atoms with E-state index >= 15 is 0 Å². The van der Waals surface area contributed by atoms with Crippen LogP contribution < -0.4 is 20.5 Å². The fourth-order valence-electron chi connectivity index (χ4n) is 4.24. The van der Waals surface area contributed by atoms with Crippen molar-refractivity contribution in [2.24, 2.45) is 5.92 Å². The van der Waals surface area contributed by atoms with Crippen LogP contribution in [-0.2, 0) is 17.9 Å². The standard InChI is InChI=1S/C25H31N5O3/c1-4-30-22-21(8-5-13-26-22)28-23(25(30)32)29-14-6-7-19(16-29)24(31)27-15-18-9-11-20(12-10-18)33-17(2)3/h5,8-13,17,19H,4,6-7,14-16H2,1-3H3,(H,27,31)/t19-/m0/s1. The Morgan fingerprint density at radius 2 is 2.03 bits per heavy atom. The minimum atomic E-state index is -0.192. The third kappa shape index (κ3) is 5.16. The second kappa shape index (κ2) is 10.0. The van der Waals surface area contributed by atoms with Crippen molar-refractivity contribution in [2.45, 2.75) is 52.8 Å². The molecule has 1 fully saturated rings. The molecule has 4 rings (SSSR count). The number of carbonyl (C=O) groups is 1. The molecule has 1 saturated heterocycles. The van der Waals surface area contributed by atoms with Crippen molar-refractivity contribution in [1.29, 1.82) is 0 Å². The molecule has 33 heavy (non-hydrogen) atoms. The lowest BCUT2D eigenvalue weighted by atomic mass is 9.97. The van der Waals surface area contributed by atoms with Gasteiger partial charge in [-0.25, -0.2) is 9.97 Å². The molecule has 0 bridgehead atoms. The second-order valence-corrected chi connectivity index (χ2v) is 8.64. The Bertz CT molecular complexity index is 1170. The van der Waals surface area contributed by atoms with Gasteiger partial charge in [0.05, 0.1) is 12.0 Å². The monoisotopic (exact) mass is 449 g/mol. The van der Waals surface area contributed by atoms with Crippen molar-refractivity contribution in [3.05, 3.63) is 58.5 Å². The van der Waals surface area contributed by atoms with Crippen LogP contribution in [0.5, 0.6) is 5.75 Å². The van der Waals surface area contributed by atoms with Crippen LogP contribution in [0.4, 0.5) is 5.82 Å². The number of fused-ring (bicyclic) bond motifs is 1. The maximum Gasteiger partial charge on any atom is 0.295 e. The van der Waals surface area contributed by atoms with Crippen LogP contribution in [0.3, 0.4) is 0 Å². The molecule has 0 radical (unpaired) electrons. The number of anilines is 1. The summed E-state index contributed by atoms with van der Waals surface area (Å²) in [6.07, 6.45) is 3.42. The Morgan fingerprint density at radius 1 is 1.24 bits per heavy atom. The first-order valence-corrected chi connectivity index (χ1v) is 11.6. The van der Waals surface area contributed by atoms with Gasteiger partial charge in [0.1, 0.15) is 11.3 Å². The van der Waals surface area contributed by atoms with Gasteiger partial charge < -0.3 is 15.0 Å². The number of piperidine rings is 1. The second-order valence-electron chi connectivity index (χ2n) is 8.64. The molecule has 0 aliphatic carbocycles. The highest BCUT2D eigenvalue weighted by molar-refractivity contribution is 5.79. The Kier molecular flexibility index (Phi) is 6.91. The van der Waals surface area contributed by atoms with Crippen molar-refractivity contribution < 1.29 is 9.53 Å². The molecule has 1 N–H and O–H groups in total. The zero-order chi connectivity index (χ0) is 23.4. The van der Waals surface area contributed by atoms with Gasteiger partial charge in [-0.1, -0.05) is 12.1 Å². The van der Waals surface area contributed by atoms with Crippen LogP contribution >= 0.6 is 0 Å². The van der Waals surface area contributed by atoms with Crippen molar-refractivity contribution in [3.63, 3.8) is 0 Å². The van der Waals surface area contributed by atoms with Gasteiger partial charge in [0.25, 0.3) is 5.56 Å². The number of carbonyl (C=O) groups excluding carboxylic acids is 1. The summed E-state index contributed by atoms with van der Waals surface area (Å²) in [4.78, 5) is 36.9. The molecular formula is C25H31N5O3. The molecule has 8 heteroatoms. The first-order valence-electron chi connectivity index (χ1n) is 11.6. The molecule has 3 heterocycles. The quantitative estimate of drug-likeness (QED) is 0.596. The van der Waals surface area contributed by atoms with Gasteiger partial charge in [0.15, 0.2) is 11.5 Å². The molecule has 2 aromatic heterocycles. The Morgan fingerprint density at radius 3 is 2.76 bits per heavy atom. The lowest BCUT2D eigenvalue weighted by Crippen LogP contribution is -2.45. The van der Waals surface area contributed by atoms with E-state index in [1.165, 1.54) is 0 Å². The highest BCUT2D eigenvalue weighted by Gasteiger charge is 2.28. The molecule has 174 valence electrons. The number of ether oxygens (including phenoxy) is 1. The predicted octanol–water partition coefficient (Wildman–Crippen LogP) is 3.13. The largest absolute Gasteiger partial charge is 0.491 e. The normalized spacial score (nSPS) is 16.2. The van der Waals surface area contributed by atoms with E-state index in [4.69, 9.17) is 4.74 Å². The van der Waals surface area contributed by atoms with Crippen LogP contribution in [0.1, 0.15) is 39.2 Å². The molecule has 1 aliphatic rings. The summed E-state index contributed by atoms with van der Waals surface area (Å²) in [5.41, 5.74) is 2.13. The van der Waals surface area contributed by atoms with Crippen LogP contribution in [0.15, 0.2) is 47.4 Å². The first kappa shape index (κ1) is 22.8. The van der Waals surface area contributed by atoms with E-state index in [0.29, 0.717) is 43.2 Å². The molecule has 3 aromatic rings. The van der Waals surface area contributed by atoms with Crippen molar-refractivity contribution >= 4 is 22.9 Å². The first-order chi connectivity index (χ1) is 16.0. The van der Waals surface area contributed by atoms with Crippen LogP contribution in [0.25, 0.3) is 11.2 Å². The van der Waals surface area contributed by atoms with Crippen LogP contribution in [0.2, 0.25) is 0 Å². The number of rotatable bonds is 7. The Balaban J connectivity index is 1.44. The lowest BCUT2D eigenvalue weighted by molar-refractivity contribution is -0.125. The Labute approximate surface area is 193 Å². The van der Waals surface area contributed by atoms with E-state index in [1.807, 2.05) is 62.1 Å². The molecule has 1 aliphatic heterocycles. The summed E-state index contributed by atoms with van der Waals surface area (Å²) in [5, 5.41) is 3.05. The summed E-state index contributed by atoms with van der Waals surface area (Å²) < 4.78 is 7.31. The van der Waals surface area contributed by atoms with Gasteiger partial charge in [-0.15, -0.1) is 0 Å². The minimum absolute atomic E-state index is 0.000444. The molecule has 0 unspecified atom stereocenters. The van der Waals surface area contributed by atoms with Crippen LogP contribution in [0, 0.1) is 5.92 Å². The number of nitrogens with one attached hydrogen (secondary N) is 1. The van der Waals surface area contributed by atoms with E-state index in [0.717, 1.165) is 24.2 Å². The van der Waals surface area contributed by atoms with Gasteiger partial charge in [-0.3, -0.25) is 14.2 Å². The predicted molar refractivity (Wildman–Crippen MR) is 128 cm³/mol. The van der Waals surface area contributed by atoms with Crippen LogP contribution in [-0.4, -0.2) is 39.6 Å². The number of amides is 1. The topological polar surface area (TPSA) is 89.4 Å². The fraction of sp³-hybridized carbons (Fsp3) is 0.440. The molecule has 1 amide bonds. The lowest BCUT2D eigenvalue weighted by Gasteiger charge is -2.32. The number of pyridine rings is 1.